The van der Waals surface area contributed by atoms with Gasteiger partial charge in [0.05, 0.1) is 11.4 Å². The molecule has 6 heteroatoms. The predicted octanol–water partition coefficient (Wildman–Crippen LogP) is 6.81. The fourth-order valence-electron chi connectivity index (χ4n) is 8.75. The summed E-state index contributed by atoms with van der Waals surface area (Å²) in [6.07, 6.45) is 10.6. The maximum absolute atomic E-state index is 7.14. The summed E-state index contributed by atoms with van der Waals surface area (Å²) in [6.45, 7) is 16.6. The Morgan fingerprint density at radius 2 is 1.73 bits per heavy atom. The van der Waals surface area contributed by atoms with Gasteiger partial charge in [0.15, 0.2) is 8.32 Å². The highest BCUT2D eigenvalue weighted by atomic mass is 28.4. The van der Waals surface area contributed by atoms with Crippen molar-refractivity contribution in [3.63, 3.8) is 0 Å². The van der Waals surface area contributed by atoms with E-state index in [9.17, 15) is 0 Å². The largest absolute Gasteiger partial charge is 0.406 e. The third kappa shape index (κ3) is 3.83. The Morgan fingerprint density at radius 1 is 1.03 bits per heavy atom. The first-order chi connectivity index (χ1) is 15.4. The first-order valence-electron chi connectivity index (χ1n) is 13.0. The molecule has 0 radical (unpaired) electrons. The SMILES string of the molecule is CO/N=C1/C=C2[C@@H](C)C[C@@H]3[C@H](CC[C@@]4(C)[C@H]3CC[C@]4(O[Si](C)(C)C)/C(C)=N/OC)[C@@]2(C)CC1. The van der Waals surface area contributed by atoms with Crippen LogP contribution in [0, 0.1) is 34.5 Å². The molecule has 4 aliphatic carbocycles. The summed E-state index contributed by atoms with van der Waals surface area (Å²) in [5.74, 6) is 2.74. The van der Waals surface area contributed by atoms with Crippen LogP contribution >= 0.6 is 0 Å². The van der Waals surface area contributed by atoms with Crippen LogP contribution in [0.3, 0.4) is 0 Å². The monoisotopic (exact) mass is 474 g/mol. The van der Waals surface area contributed by atoms with Crippen LogP contribution in [0.15, 0.2) is 22.0 Å². The van der Waals surface area contributed by atoms with Crippen molar-refractivity contribution in [1.29, 1.82) is 0 Å². The van der Waals surface area contributed by atoms with Crippen molar-refractivity contribution in [2.75, 3.05) is 14.2 Å². The Kier molecular flexibility index (Phi) is 6.44. The second kappa shape index (κ2) is 8.51. The average Bonchev–Trinajstić information content (AvgIpc) is 3.01. The van der Waals surface area contributed by atoms with Crippen LogP contribution in [0.1, 0.15) is 72.6 Å². The van der Waals surface area contributed by atoms with Crippen molar-refractivity contribution < 1.29 is 14.1 Å². The molecule has 0 heterocycles. The molecular weight excluding hydrogens is 428 g/mol. The number of nitrogens with zero attached hydrogens (tertiary/aromatic N) is 2. The van der Waals surface area contributed by atoms with Crippen LogP contribution in [0.4, 0.5) is 0 Å². The molecule has 0 aromatic carbocycles. The molecular formula is C27H46N2O3Si. The molecule has 4 aliphatic rings. The van der Waals surface area contributed by atoms with Crippen LogP contribution in [0.2, 0.25) is 19.6 Å². The second-order valence-electron chi connectivity index (χ2n) is 12.7. The van der Waals surface area contributed by atoms with Crippen molar-refractivity contribution in [3.8, 4) is 0 Å². The summed E-state index contributed by atoms with van der Waals surface area (Å²) in [6, 6.07) is 0. The normalized spacial score (nSPS) is 44.6. The molecule has 0 aromatic rings. The highest BCUT2D eigenvalue weighted by Crippen LogP contribution is 2.69. The van der Waals surface area contributed by atoms with Crippen LogP contribution in [-0.2, 0) is 14.1 Å². The molecule has 0 amide bonds. The molecule has 0 unspecified atom stereocenters. The summed E-state index contributed by atoms with van der Waals surface area (Å²) >= 11 is 0. The van der Waals surface area contributed by atoms with E-state index >= 15 is 0 Å². The van der Waals surface area contributed by atoms with Gasteiger partial charge >= 0.3 is 0 Å². The molecule has 33 heavy (non-hydrogen) atoms. The van der Waals surface area contributed by atoms with E-state index in [0.717, 1.165) is 36.1 Å². The lowest BCUT2D eigenvalue weighted by atomic mass is 9.44. The Labute approximate surface area is 202 Å². The van der Waals surface area contributed by atoms with Gasteiger partial charge in [-0.3, -0.25) is 0 Å². The van der Waals surface area contributed by atoms with Crippen LogP contribution < -0.4 is 0 Å². The molecule has 0 aromatic heterocycles. The Hall–Kier alpha value is -1.14. The highest BCUT2D eigenvalue weighted by Gasteiger charge is 2.67. The summed E-state index contributed by atoms with van der Waals surface area (Å²) in [5.41, 5.74) is 3.87. The number of oxime groups is 2. The number of hydrogen-bond acceptors (Lipinski definition) is 5. The van der Waals surface area contributed by atoms with Gasteiger partial charge in [0, 0.05) is 5.41 Å². The average molecular weight is 475 g/mol. The third-order valence-electron chi connectivity index (χ3n) is 9.92. The number of rotatable bonds is 5. The zero-order chi connectivity index (χ0) is 24.2. The molecule has 0 bridgehead atoms. The predicted molar refractivity (Wildman–Crippen MR) is 138 cm³/mol. The van der Waals surface area contributed by atoms with E-state index in [-0.39, 0.29) is 16.4 Å². The van der Waals surface area contributed by atoms with E-state index in [1.807, 2.05) is 0 Å². The summed E-state index contributed by atoms with van der Waals surface area (Å²) in [5, 5.41) is 8.80. The third-order valence-corrected chi connectivity index (χ3v) is 10.9. The molecule has 0 spiro atoms. The molecule has 0 N–H and O–H groups in total. The zero-order valence-electron chi connectivity index (χ0n) is 22.5. The van der Waals surface area contributed by atoms with Crippen LogP contribution in [0.25, 0.3) is 0 Å². The van der Waals surface area contributed by atoms with Gasteiger partial charge in [0.25, 0.3) is 0 Å². The number of allylic oxidation sites excluding steroid dienone is 2. The zero-order valence-corrected chi connectivity index (χ0v) is 23.5. The smallest absolute Gasteiger partial charge is 0.185 e. The lowest BCUT2D eigenvalue weighted by Gasteiger charge is -2.61. The van der Waals surface area contributed by atoms with Gasteiger partial charge in [0.1, 0.15) is 19.8 Å². The van der Waals surface area contributed by atoms with Gasteiger partial charge in [-0.25, -0.2) is 0 Å². The van der Waals surface area contributed by atoms with Gasteiger partial charge in [-0.15, -0.1) is 0 Å². The van der Waals surface area contributed by atoms with Crippen LogP contribution in [-0.4, -0.2) is 39.6 Å². The molecule has 4 rings (SSSR count). The Morgan fingerprint density at radius 3 is 2.36 bits per heavy atom. The molecule has 186 valence electrons. The minimum Gasteiger partial charge on any atom is -0.406 e. The minimum absolute atomic E-state index is 0.106. The summed E-state index contributed by atoms with van der Waals surface area (Å²) in [7, 11) is 1.53. The molecule has 0 aliphatic heterocycles. The van der Waals surface area contributed by atoms with Crippen molar-refractivity contribution in [2.45, 2.75) is 97.9 Å². The van der Waals surface area contributed by atoms with Gasteiger partial charge in [-0.2, -0.15) is 0 Å². The minimum atomic E-state index is -1.80. The first-order valence-corrected chi connectivity index (χ1v) is 16.4. The molecule has 5 nitrogen and oxygen atoms in total. The second-order valence-corrected chi connectivity index (χ2v) is 17.1. The fourth-order valence-corrected chi connectivity index (χ4v) is 10.3. The lowest BCUT2D eigenvalue weighted by molar-refractivity contribution is -0.0946. The van der Waals surface area contributed by atoms with Gasteiger partial charge < -0.3 is 14.1 Å². The van der Waals surface area contributed by atoms with E-state index in [1.54, 1.807) is 19.8 Å². The maximum Gasteiger partial charge on any atom is 0.185 e. The molecule has 3 saturated carbocycles. The number of hydrogen-bond donors (Lipinski definition) is 0. The van der Waals surface area contributed by atoms with E-state index in [4.69, 9.17) is 14.1 Å². The number of fused-ring (bicyclic) bond motifs is 5. The van der Waals surface area contributed by atoms with Crippen molar-refractivity contribution >= 4 is 19.7 Å². The van der Waals surface area contributed by atoms with Gasteiger partial charge in [0.2, 0.25) is 0 Å². The summed E-state index contributed by atoms with van der Waals surface area (Å²) < 4.78 is 7.14. The highest BCUT2D eigenvalue weighted by molar-refractivity contribution is 6.70. The quantitative estimate of drug-likeness (QED) is 0.250. The Bertz CT molecular complexity index is 862. The molecule has 0 saturated heterocycles. The van der Waals surface area contributed by atoms with E-state index < -0.39 is 8.32 Å². The van der Waals surface area contributed by atoms with E-state index in [1.165, 1.54) is 32.1 Å². The lowest BCUT2D eigenvalue weighted by Crippen LogP contribution is -2.61. The van der Waals surface area contributed by atoms with Crippen LogP contribution in [0.5, 0.6) is 0 Å². The van der Waals surface area contributed by atoms with Gasteiger partial charge in [-0.1, -0.05) is 36.7 Å². The van der Waals surface area contributed by atoms with Crippen molar-refractivity contribution in [1.82, 2.24) is 0 Å². The van der Waals surface area contributed by atoms with Crippen molar-refractivity contribution in [3.05, 3.63) is 11.6 Å². The van der Waals surface area contributed by atoms with E-state index in [2.05, 4.69) is 63.7 Å². The summed E-state index contributed by atoms with van der Waals surface area (Å²) in [4.78, 5) is 10.4. The topological polar surface area (TPSA) is 52.4 Å². The van der Waals surface area contributed by atoms with Crippen molar-refractivity contribution in [2.24, 2.45) is 44.8 Å². The molecule has 3 fully saturated rings. The fraction of sp³-hybridized carbons (Fsp3) is 0.852. The Balaban J connectivity index is 1.73. The van der Waals surface area contributed by atoms with Gasteiger partial charge in [-0.05, 0) is 107 Å². The standard InChI is InChI=1S/C27H46N2O3Si/c1-18-16-21-22(25(3)13-10-20(29-31-6)17-24(18)25)11-14-26(4)23(21)12-15-27(26,19(2)28-30-5)32-33(7,8)9/h17-18,21-23H,10-16H2,1-9H3/b28-19+,29-20+/t18-,21+,22-,23-,25+,26-,27-/m0/s1. The first kappa shape index (κ1) is 25.0. The van der Waals surface area contributed by atoms with E-state index in [0.29, 0.717) is 11.8 Å². The maximum atomic E-state index is 7.14. The molecule has 7 atom stereocenters.